The van der Waals surface area contributed by atoms with Crippen molar-refractivity contribution in [3.05, 3.63) is 10.8 Å². The minimum absolute atomic E-state index is 0.205. The minimum atomic E-state index is -0.326. The molecule has 1 amide bonds. The number of aromatic nitrogens is 2. The fourth-order valence-electron chi connectivity index (χ4n) is 2.33. The minimum Gasteiger partial charge on any atom is -0.491 e. The molecular formula is C16H21ClN4O3. The zero-order valence-corrected chi connectivity index (χ0v) is 15.3. The van der Waals surface area contributed by atoms with Crippen LogP contribution in [0.5, 0.6) is 11.5 Å². The molecule has 1 aromatic carbocycles. The van der Waals surface area contributed by atoms with Crippen LogP contribution >= 0.6 is 11.6 Å². The Bertz CT molecular complexity index is 816. The number of hydrogen-bond acceptors (Lipinski definition) is 6. The van der Waals surface area contributed by atoms with Crippen molar-refractivity contribution in [3.8, 4) is 11.5 Å². The lowest BCUT2D eigenvalue weighted by Crippen LogP contribution is -2.18. The Hall–Kier alpha value is -2.28. The van der Waals surface area contributed by atoms with E-state index in [1.54, 1.807) is 0 Å². The zero-order valence-electron chi connectivity index (χ0n) is 14.6. The van der Waals surface area contributed by atoms with E-state index in [2.05, 4.69) is 15.3 Å². The Morgan fingerprint density at radius 3 is 2.21 bits per heavy atom. The summed E-state index contributed by atoms with van der Waals surface area (Å²) in [4.78, 5) is 20.5. The number of amides is 1. The van der Waals surface area contributed by atoms with Crippen molar-refractivity contribution in [1.82, 2.24) is 9.97 Å². The molecule has 0 aliphatic carbocycles. The van der Waals surface area contributed by atoms with Crippen molar-refractivity contribution in [1.29, 1.82) is 0 Å². The summed E-state index contributed by atoms with van der Waals surface area (Å²) < 4.78 is 10.7. The predicted molar refractivity (Wildman–Crippen MR) is 95.1 cm³/mol. The third-order valence-corrected chi connectivity index (χ3v) is 3.76. The molecule has 0 bridgehead atoms. The standard InChI is InChI=1S/C16H21ClN4O3/c1-7(22)19-11-8-10(9(17)12(23-5)13(11)24-6)20-15(16(2,3)4)21-14(8)18/h1-6H3,(H,19,22)(H2,18,20,21). The number of nitrogens with two attached hydrogens (primary N) is 1. The van der Waals surface area contributed by atoms with Crippen LogP contribution in [0.3, 0.4) is 0 Å². The molecule has 3 N–H and O–H groups in total. The summed E-state index contributed by atoms with van der Waals surface area (Å²) in [6.07, 6.45) is 0. The number of nitrogens with zero attached hydrogens (tertiary/aromatic N) is 2. The Morgan fingerprint density at radius 1 is 1.17 bits per heavy atom. The Kier molecular flexibility index (Phi) is 4.75. The van der Waals surface area contributed by atoms with Gasteiger partial charge in [0.2, 0.25) is 5.91 Å². The second-order valence-corrected chi connectivity index (χ2v) is 6.72. The van der Waals surface area contributed by atoms with E-state index in [0.29, 0.717) is 22.4 Å². The monoisotopic (exact) mass is 352 g/mol. The van der Waals surface area contributed by atoms with Gasteiger partial charge in [0.1, 0.15) is 27.9 Å². The van der Waals surface area contributed by atoms with Crippen LogP contribution in [-0.2, 0) is 10.2 Å². The lowest BCUT2D eigenvalue weighted by molar-refractivity contribution is -0.114. The Morgan fingerprint density at radius 2 is 1.75 bits per heavy atom. The van der Waals surface area contributed by atoms with Gasteiger partial charge in [0.05, 0.1) is 19.6 Å². The summed E-state index contributed by atoms with van der Waals surface area (Å²) in [6, 6.07) is 0. The maximum Gasteiger partial charge on any atom is 0.221 e. The summed E-state index contributed by atoms with van der Waals surface area (Å²) in [6.45, 7) is 7.29. The van der Waals surface area contributed by atoms with Crippen LogP contribution < -0.4 is 20.5 Å². The number of fused-ring (bicyclic) bond motifs is 1. The van der Waals surface area contributed by atoms with E-state index in [9.17, 15) is 4.79 Å². The molecule has 130 valence electrons. The molecule has 8 heteroatoms. The summed E-state index contributed by atoms with van der Waals surface area (Å²) >= 11 is 6.46. The highest BCUT2D eigenvalue weighted by atomic mass is 35.5. The predicted octanol–water partition coefficient (Wildman–Crippen LogP) is 3.14. The van der Waals surface area contributed by atoms with E-state index in [1.807, 2.05) is 20.8 Å². The van der Waals surface area contributed by atoms with Gasteiger partial charge in [0.25, 0.3) is 0 Å². The summed E-state index contributed by atoms with van der Waals surface area (Å²) in [5.41, 5.74) is 6.56. The first kappa shape index (κ1) is 18.1. The molecule has 0 aliphatic heterocycles. The molecule has 2 aromatic rings. The van der Waals surface area contributed by atoms with Gasteiger partial charge in [-0.1, -0.05) is 32.4 Å². The molecule has 0 saturated carbocycles. The number of carbonyl (C=O) groups excluding carboxylic acids is 1. The number of ether oxygens (including phenoxy) is 2. The largest absolute Gasteiger partial charge is 0.491 e. The first-order chi connectivity index (χ1) is 11.1. The Labute approximate surface area is 145 Å². The zero-order chi connectivity index (χ0) is 18.2. The van der Waals surface area contributed by atoms with Crippen molar-refractivity contribution < 1.29 is 14.3 Å². The van der Waals surface area contributed by atoms with Crippen LogP contribution in [-0.4, -0.2) is 30.1 Å². The number of benzene rings is 1. The van der Waals surface area contributed by atoms with Crippen molar-refractivity contribution in [2.24, 2.45) is 0 Å². The van der Waals surface area contributed by atoms with Gasteiger partial charge in [-0.2, -0.15) is 0 Å². The fourth-order valence-corrected chi connectivity index (χ4v) is 2.63. The summed E-state index contributed by atoms with van der Waals surface area (Å²) in [5.74, 6) is 0.989. The smallest absolute Gasteiger partial charge is 0.221 e. The van der Waals surface area contributed by atoms with Gasteiger partial charge in [-0.3, -0.25) is 4.79 Å². The van der Waals surface area contributed by atoms with E-state index >= 15 is 0 Å². The Balaban J connectivity index is 3.00. The highest BCUT2D eigenvalue weighted by Crippen LogP contribution is 2.48. The number of hydrogen-bond donors (Lipinski definition) is 2. The van der Waals surface area contributed by atoms with Crippen LogP contribution in [0.25, 0.3) is 10.9 Å². The molecule has 2 rings (SSSR count). The van der Waals surface area contributed by atoms with E-state index in [1.165, 1.54) is 21.1 Å². The number of rotatable bonds is 3. The van der Waals surface area contributed by atoms with Crippen LogP contribution in [0.4, 0.5) is 11.5 Å². The molecule has 0 radical (unpaired) electrons. The molecule has 7 nitrogen and oxygen atoms in total. The number of anilines is 2. The quantitative estimate of drug-likeness (QED) is 0.880. The van der Waals surface area contributed by atoms with Gasteiger partial charge >= 0.3 is 0 Å². The second-order valence-electron chi connectivity index (χ2n) is 6.34. The summed E-state index contributed by atoms with van der Waals surface area (Å²) in [7, 11) is 2.91. The second kappa shape index (κ2) is 6.32. The van der Waals surface area contributed by atoms with E-state index < -0.39 is 0 Å². The molecule has 0 aliphatic rings. The van der Waals surface area contributed by atoms with Crippen LogP contribution in [0.2, 0.25) is 5.02 Å². The number of nitrogens with one attached hydrogen (secondary N) is 1. The highest BCUT2D eigenvalue weighted by Gasteiger charge is 2.27. The molecule has 0 fully saturated rings. The molecule has 0 saturated heterocycles. The van der Waals surface area contributed by atoms with Crippen LogP contribution in [0, 0.1) is 0 Å². The van der Waals surface area contributed by atoms with Gasteiger partial charge in [-0.25, -0.2) is 9.97 Å². The van der Waals surface area contributed by atoms with Crippen LogP contribution in [0.15, 0.2) is 0 Å². The molecule has 1 heterocycles. The summed E-state index contributed by atoms with van der Waals surface area (Å²) in [5, 5.41) is 3.37. The number of nitrogen functional groups attached to an aromatic ring is 1. The van der Waals surface area contributed by atoms with Crippen molar-refractivity contribution in [3.63, 3.8) is 0 Å². The SMILES string of the molecule is COc1c(OC)c(NC(C)=O)c2c(N)nc(C(C)(C)C)nc2c1Cl. The molecule has 0 unspecified atom stereocenters. The maximum absolute atomic E-state index is 11.6. The van der Waals surface area contributed by atoms with E-state index in [-0.39, 0.29) is 33.7 Å². The fraction of sp³-hybridized carbons (Fsp3) is 0.438. The normalized spacial score (nSPS) is 11.5. The lowest BCUT2D eigenvalue weighted by atomic mass is 9.95. The van der Waals surface area contributed by atoms with Crippen LogP contribution in [0.1, 0.15) is 33.5 Å². The van der Waals surface area contributed by atoms with Crippen molar-refractivity contribution in [2.45, 2.75) is 33.1 Å². The van der Waals surface area contributed by atoms with Crippen molar-refractivity contribution >= 4 is 39.9 Å². The average molecular weight is 353 g/mol. The van der Waals surface area contributed by atoms with Gasteiger partial charge < -0.3 is 20.5 Å². The number of halogens is 1. The van der Waals surface area contributed by atoms with Crippen molar-refractivity contribution in [2.75, 3.05) is 25.3 Å². The topological polar surface area (TPSA) is 99.4 Å². The van der Waals surface area contributed by atoms with Gasteiger partial charge in [-0.15, -0.1) is 0 Å². The third-order valence-electron chi connectivity index (χ3n) is 3.41. The third kappa shape index (κ3) is 3.03. The average Bonchev–Trinajstić information content (AvgIpc) is 2.47. The first-order valence-corrected chi connectivity index (χ1v) is 7.68. The molecule has 0 spiro atoms. The molecule has 1 aromatic heterocycles. The first-order valence-electron chi connectivity index (χ1n) is 7.30. The van der Waals surface area contributed by atoms with Gasteiger partial charge in [-0.05, 0) is 0 Å². The molecular weight excluding hydrogens is 332 g/mol. The van der Waals surface area contributed by atoms with Gasteiger partial charge in [0.15, 0.2) is 11.5 Å². The van der Waals surface area contributed by atoms with E-state index in [4.69, 9.17) is 26.8 Å². The maximum atomic E-state index is 11.6. The number of methoxy groups -OCH3 is 2. The highest BCUT2D eigenvalue weighted by molar-refractivity contribution is 6.38. The number of carbonyl (C=O) groups is 1. The van der Waals surface area contributed by atoms with Gasteiger partial charge in [0, 0.05) is 12.3 Å². The molecule has 24 heavy (non-hydrogen) atoms. The molecule has 0 atom stereocenters. The van der Waals surface area contributed by atoms with E-state index in [0.717, 1.165) is 0 Å². The lowest BCUT2D eigenvalue weighted by Gasteiger charge is -2.21.